The number of nitrogens with zero attached hydrogens (tertiary/aromatic N) is 2. The molecule has 9 heteroatoms. The van der Waals surface area contributed by atoms with Crippen LogP contribution in [0.2, 0.25) is 0 Å². The van der Waals surface area contributed by atoms with E-state index < -0.39 is 23.2 Å². The second-order valence-electron chi connectivity index (χ2n) is 5.28. The lowest BCUT2D eigenvalue weighted by molar-refractivity contribution is 0.0633. The normalized spacial score (nSPS) is 11.4. The van der Waals surface area contributed by atoms with Crippen LogP contribution in [0.5, 0.6) is 0 Å². The maximum atomic E-state index is 11.7. The molecule has 0 saturated heterocycles. The van der Waals surface area contributed by atoms with E-state index in [0.29, 0.717) is 0 Å². The topological polar surface area (TPSA) is 126 Å². The Morgan fingerprint density at radius 1 is 1.38 bits per heavy atom. The minimum atomic E-state index is -1.25. The van der Waals surface area contributed by atoms with Gasteiger partial charge in [-0.2, -0.15) is 9.61 Å². The number of hydrogen-bond donors (Lipinski definition) is 3. The van der Waals surface area contributed by atoms with Gasteiger partial charge in [-0.3, -0.25) is 10.1 Å². The summed E-state index contributed by atoms with van der Waals surface area (Å²) in [5, 5.41) is 15.0. The molecule has 112 valence electrons. The van der Waals surface area contributed by atoms with Crippen LogP contribution in [0.1, 0.15) is 31.3 Å². The Balaban J connectivity index is 2.41. The highest BCUT2D eigenvalue weighted by Gasteiger charge is 2.18. The number of aromatic carboxylic acids is 1. The number of nitrogens with one attached hydrogen (secondary N) is 2. The number of ether oxygens (including phenoxy) is 1. The summed E-state index contributed by atoms with van der Waals surface area (Å²) < 4.78 is 6.17. The number of carboxylic acid groups (broad SMARTS) is 1. The van der Waals surface area contributed by atoms with E-state index >= 15 is 0 Å². The molecule has 0 saturated carbocycles. The van der Waals surface area contributed by atoms with Gasteiger partial charge in [0.25, 0.3) is 5.56 Å². The molecule has 0 aliphatic heterocycles. The highest BCUT2D eigenvalue weighted by atomic mass is 16.6. The van der Waals surface area contributed by atoms with Crippen LogP contribution in [0, 0.1) is 0 Å². The first-order chi connectivity index (χ1) is 9.65. The average molecular weight is 294 g/mol. The van der Waals surface area contributed by atoms with Crippen LogP contribution in [0.15, 0.2) is 16.9 Å². The first-order valence-corrected chi connectivity index (χ1v) is 6.02. The fourth-order valence-corrected chi connectivity index (χ4v) is 1.60. The van der Waals surface area contributed by atoms with Crippen LogP contribution in [-0.4, -0.2) is 37.4 Å². The zero-order valence-electron chi connectivity index (χ0n) is 11.6. The summed E-state index contributed by atoms with van der Waals surface area (Å²) in [5.41, 5.74) is -1.33. The number of rotatable bonds is 2. The van der Waals surface area contributed by atoms with Crippen LogP contribution in [0.25, 0.3) is 5.65 Å². The number of aromatic amines is 1. The molecule has 0 radical (unpaired) electrons. The lowest BCUT2D eigenvalue weighted by atomic mass is 10.2. The molecule has 0 aliphatic carbocycles. The van der Waals surface area contributed by atoms with Gasteiger partial charge in [-0.1, -0.05) is 0 Å². The molecule has 1 amide bonds. The standard InChI is InChI=1S/C12H14N4O5/c1-12(2,3)21-11(20)14-8-5-9(17)13-7-4-6(10(18)19)15-16(7)8/h4-5H,1-3H3,(H,13,17)(H,14,20)(H,18,19). The van der Waals surface area contributed by atoms with Gasteiger partial charge in [-0.15, -0.1) is 0 Å². The molecule has 0 bridgehead atoms. The van der Waals surface area contributed by atoms with E-state index in [1.54, 1.807) is 20.8 Å². The Bertz CT molecular complexity index is 768. The largest absolute Gasteiger partial charge is 0.476 e. The van der Waals surface area contributed by atoms with Gasteiger partial charge in [0.15, 0.2) is 5.69 Å². The molecule has 0 fully saturated rings. The van der Waals surface area contributed by atoms with Gasteiger partial charge in [0.05, 0.1) is 0 Å². The molecule has 3 N–H and O–H groups in total. The van der Waals surface area contributed by atoms with E-state index in [1.165, 1.54) is 6.07 Å². The number of fused-ring (bicyclic) bond motifs is 1. The molecule has 2 rings (SSSR count). The maximum absolute atomic E-state index is 11.7. The van der Waals surface area contributed by atoms with Crippen molar-refractivity contribution in [2.75, 3.05) is 5.32 Å². The smallest absolute Gasteiger partial charge is 0.413 e. The van der Waals surface area contributed by atoms with Crippen molar-refractivity contribution in [3.8, 4) is 0 Å². The molecule has 0 aromatic carbocycles. The lowest BCUT2D eigenvalue weighted by Gasteiger charge is -2.19. The molecule has 0 aliphatic rings. The van der Waals surface area contributed by atoms with Gasteiger partial charge in [-0.25, -0.2) is 9.59 Å². The number of carbonyl (C=O) groups excluding carboxylic acids is 1. The Hall–Kier alpha value is -2.84. The first kappa shape index (κ1) is 14.6. The van der Waals surface area contributed by atoms with Crippen molar-refractivity contribution in [1.82, 2.24) is 14.6 Å². The van der Waals surface area contributed by atoms with E-state index in [4.69, 9.17) is 9.84 Å². The first-order valence-electron chi connectivity index (χ1n) is 6.02. The van der Waals surface area contributed by atoms with Gasteiger partial charge in [0, 0.05) is 12.1 Å². The number of carbonyl (C=O) groups is 2. The van der Waals surface area contributed by atoms with Gasteiger partial charge in [-0.05, 0) is 20.8 Å². The number of hydrogen-bond acceptors (Lipinski definition) is 5. The number of aromatic nitrogens is 3. The van der Waals surface area contributed by atoms with E-state index in [0.717, 1.165) is 10.6 Å². The van der Waals surface area contributed by atoms with Gasteiger partial charge in [0.1, 0.15) is 17.1 Å². The summed E-state index contributed by atoms with van der Waals surface area (Å²) in [6, 6.07) is 2.26. The van der Waals surface area contributed by atoms with Gasteiger partial charge in [0.2, 0.25) is 0 Å². The molecule has 0 unspecified atom stereocenters. The lowest BCUT2D eigenvalue weighted by Crippen LogP contribution is -2.28. The second kappa shape index (κ2) is 4.93. The molecule has 2 aromatic heterocycles. The van der Waals surface area contributed by atoms with Crippen molar-refractivity contribution in [3.63, 3.8) is 0 Å². The fraction of sp³-hybridized carbons (Fsp3) is 0.333. The minimum Gasteiger partial charge on any atom is -0.476 e. The number of H-pyrrole nitrogens is 1. The zero-order valence-corrected chi connectivity index (χ0v) is 11.6. The zero-order chi connectivity index (χ0) is 15.8. The summed E-state index contributed by atoms with van der Waals surface area (Å²) in [4.78, 5) is 36.5. The summed E-state index contributed by atoms with van der Waals surface area (Å²) >= 11 is 0. The van der Waals surface area contributed by atoms with Crippen LogP contribution in [-0.2, 0) is 4.74 Å². The van der Waals surface area contributed by atoms with Gasteiger partial charge < -0.3 is 14.8 Å². The van der Waals surface area contributed by atoms with E-state index in [9.17, 15) is 14.4 Å². The van der Waals surface area contributed by atoms with E-state index in [-0.39, 0.29) is 17.2 Å². The molecular formula is C12H14N4O5. The van der Waals surface area contributed by atoms with Gasteiger partial charge >= 0.3 is 12.1 Å². The molecular weight excluding hydrogens is 280 g/mol. The van der Waals surface area contributed by atoms with Crippen molar-refractivity contribution in [1.29, 1.82) is 0 Å². The van der Waals surface area contributed by atoms with E-state index in [1.807, 2.05) is 0 Å². The number of carboxylic acids is 1. The van der Waals surface area contributed by atoms with E-state index in [2.05, 4.69) is 15.4 Å². The predicted molar refractivity (Wildman–Crippen MR) is 72.6 cm³/mol. The Kier molecular flexibility index (Phi) is 3.42. The monoisotopic (exact) mass is 294 g/mol. The van der Waals surface area contributed by atoms with Crippen LogP contribution < -0.4 is 10.9 Å². The summed E-state index contributed by atoms with van der Waals surface area (Å²) in [7, 11) is 0. The van der Waals surface area contributed by atoms with Crippen molar-refractivity contribution >= 4 is 23.5 Å². The third-order valence-corrected chi connectivity index (χ3v) is 2.30. The number of anilines is 1. The predicted octanol–water partition coefficient (Wildman–Crippen LogP) is 1.07. The fourth-order valence-electron chi connectivity index (χ4n) is 1.60. The third-order valence-electron chi connectivity index (χ3n) is 2.30. The highest BCUT2D eigenvalue weighted by molar-refractivity contribution is 5.87. The Morgan fingerprint density at radius 2 is 2.05 bits per heavy atom. The molecule has 9 nitrogen and oxygen atoms in total. The molecule has 0 spiro atoms. The second-order valence-corrected chi connectivity index (χ2v) is 5.28. The van der Waals surface area contributed by atoms with Crippen LogP contribution >= 0.6 is 0 Å². The summed E-state index contributed by atoms with van der Waals surface area (Å²) in [6.45, 7) is 5.07. The van der Waals surface area contributed by atoms with Crippen LogP contribution in [0.3, 0.4) is 0 Å². The SMILES string of the molecule is CC(C)(C)OC(=O)Nc1cc(=O)[nH]c2cc(C(=O)O)nn12. The Labute approximate surface area is 118 Å². The molecule has 0 atom stereocenters. The summed E-state index contributed by atoms with van der Waals surface area (Å²) in [6.07, 6.45) is -0.776. The number of amides is 1. The minimum absolute atomic E-state index is 0.00972. The van der Waals surface area contributed by atoms with Crippen molar-refractivity contribution in [2.24, 2.45) is 0 Å². The van der Waals surface area contributed by atoms with Crippen molar-refractivity contribution in [3.05, 3.63) is 28.2 Å². The van der Waals surface area contributed by atoms with Crippen LogP contribution in [0.4, 0.5) is 10.6 Å². The third kappa shape index (κ3) is 3.38. The van der Waals surface area contributed by atoms with Crippen molar-refractivity contribution in [2.45, 2.75) is 26.4 Å². The molecule has 2 heterocycles. The molecule has 2 aromatic rings. The quantitative estimate of drug-likeness (QED) is 0.760. The van der Waals surface area contributed by atoms with Crippen molar-refractivity contribution < 1.29 is 19.4 Å². The molecule has 21 heavy (non-hydrogen) atoms. The maximum Gasteiger partial charge on any atom is 0.413 e. The summed E-state index contributed by atoms with van der Waals surface area (Å²) in [5.74, 6) is -1.24. The highest BCUT2D eigenvalue weighted by Crippen LogP contribution is 2.12. The Morgan fingerprint density at radius 3 is 2.62 bits per heavy atom. The average Bonchev–Trinajstić information content (AvgIpc) is 2.69.